The Labute approximate surface area is 206 Å². The first kappa shape index (κ1) is 23.0. The predicted octanol–water partition coefficient (Wildman–Crippen LogP) is 5.37. The van der Waals surface area contributed by atoms with Crippen molar-refractivity contribution < 1.29 is 14.4 Å². The smallest absolute Gasteiger partial charge is 0.262 e. The van der Waals surface area contributed by atoms with Crippen LogP contribution < -0.4 is 4.90 Å². The maximum Gasteiger partial charge on any atom is 0.262 e. The zero-order valence-electron chi connectivity index (χ0n) is 20.7. The summed E-state index contributed by atoms with van der Waals surface area (Å²) < 4.78 is 0. The molecule has 0 fully saturated rings. The van der Waals surface area contributed by atoms with E-state index in [0.717, 1.165) is 22.6 Å². The normalized spacial score (nSPS) is 20.6. The van der Waals surface area contributed by atoms with Gasteiger partial charge in [0, 0.05) is 16.6 Å². The molecule has 0 radical (unpaired) electrons. The molecule has 0 aliphatic carbocycles. The third-order valence-electron chi connectivity index (χ3n) is 7.55. The zero-order chi connectivity index (χ0) is 25.0. The summed E-state index contributed by atoms with van der Waals surface area (Å²) in [6.07, 6.45) is 1.69. The number of aryl methyl sites for hydroxylation is 1. The van der Waals surface area contributed by atoms with Gasteiger partial charge in [-0.15, -0.1) is 0 Å². The number of nitrogens with zero attached hydrogens (tertiary/aromatic N) is 2. The number of imide groups is 1. The summed E-state index contributed by atoms with van der Waals surface area (Å²) in [6, 6.07) is 23.5. The molecule has 3 aromatic carbocycles. The third kappa shape index (κ3) is 3.57. The Hall–Kier alpha value is -3.73. The Kier molecular flexibility index (Phi) is 5.39. The average Bonchev–Trinajstić information content (AvgIpc) is 3.08. The molecule has 0 aromatic heterocycles. The Morgan fingerprint density at radius 1 is 0.829 bits per heavy atom. The van der Waals surface area contributed by atoms with E-state index in [0.29, 0.717) is 17.5 Å². The molecule has 2 aliphatic heterocycles. The van der Waals surface area contributed by atoms with Crippen LogP contribution in [0.4, 0.5) is 5.69 Å². The molecule has 5 heteroatoms. The van der Waals surface area contributed by atoms with Crippen LogP contribution in [0.25, 0.3) is 0 Å². The van der Waals surface area contributed by atoms with Crippen LogP contribution in [0.3, 0.4) is 0 Å². The molecule has 3 aromatic rings. The summed E-state index contributed by atoms with van der Waals surface area (Å²) in [4.78, 5) is 42.5. The van der Waals surface area contributed by atoms with E-state index in [1.807, 2.05) is 18.2 Å². The van der Waals surface area contributed by atoms with Crippen LogP contribution in [0.5, 0.6) is 0 Å². The van der Waals surface area contributed by atoms with Crippen LogP contribution in [0.2, 0.25) is 0 Å². The van der Waals surface area contributed by atoms with Gasteiger partial charge in [0.1, 0.15) is 6.54 Å². The van der Waals surface area contributed by atoms with Crippen molar-refractivity contribution in [3.63, 3.8) is 0 Å². The summed E-state index contributed by atoms with van der Waals surface area (Å²) in [5.41, 5.74) is 4.27. The molecule has 0 N–H and O–H groups in total. The molecule has 0 unspecified atom stereocenters. The number of carbonyl (C=O) groups excluding carboxylic acids is 3. The number of hydrogen-bond donors (Lipinski definition) is 0. The van der Waals surface area contributed by atoms with Gasteiger partial charge in [-0.25, -0.2) is 0 Å². The molecular formula is C30H30N2O3. The minimum Gasteiger partial charge on any atom is -0.305 e. The van der Waals surface area contributed by atoms with Gasteiger partial charge in [-0.05, 0) is 61.6 Å². The molecule has 5 rings (SSSR count). The molecule has 35 heavy (non-hydrogen) atoms. The highest BCUT2D eigenvalue weighted by Gasteiger charge is 2.48. The van der Waals surface area contributed by atoms with E-state index in [1.54, 1.807) is 29.2 Å². The number of hydrogen-bond acceptors (Lipinski definition) is 3. The van der Waals surface area contributed by atoms with Crippen molar-refractivity contribution in [3.8, 4) is 0 Å². The SMILES string of the molecule is CCc1ccc([C@]2(C)CC(C)(C)N(C(=O)CN3C(=O)c4ccccc4C3=O)c3ccccc32)cc1. The van der Waals surface area contributed by atoms with Gasteiger partial charge < -0.3 is 4.90 Å². The second-order valence-electron chi connectivity index (χ2n) is 10.4. The van der Waals surface area contributed by atoms with Crippen molar-refractivity contribution in [1.82, 2.24) is 4.90 Å². The maximum absolute atomic E-state index is 13.8. The van der Waals surface area contributed by atoms with Gasteiger partial charge in [-0.1, -0.05) is 68.4 Å². The first-order valence-electron chi connectivity index (χ1n) is 12.1. The number of anilines is 1. The number of rotatable bonds is 4. The van der Waals surface area contributed by atoms with Gasteiger partial charge in [0.2, 0.25) is 5.91 Å². The lowest BCUT2D eigenvalue weighted by Crippen LogP contribution is -2.58. The Morgan fingerprint density at radius 2 is 1.40 bits per heavy atom. The number of benzene rings is 3. The largest absolute Gasteiger partial charge is 0.305 e. The van der Waals surface area contributed by atoms with Crippen LogP contribution in [0.1, 0.15) is 71.5 Å². The molecule has 3 amide bonds. The maximum atomic E-state index is 13.8. The van der Waals surface area contributed by atoms with E-state index in [-0.39, 0.29) is 17.9 Å². The highest BCUT2D eigenvalue weighted by Crippen LogP contribution is 2.50. The van der Waals surface area contributed by atoms with Crippen molar-refractivity contribution in [3.05, 3.63) is 101 Å². The van der Waals surface area contributed by atoms with Gasteiger partial charge >= 0.3 is 0 Å². The lowest BCUT2D eigenvalue weighted by Gasteiger charge is -2.51. The molecule has 0 saturated carbocycles. The Balaban J connectivity index is 1.52. The van der Waals surface area contributed by atoms with Crippen molar-refractivity contribution in [2.24, 2.45) is 0 Å². The van der Waals surface area contributed by atoms with E-state index in [2.05, 4.69) is 58.0 Å². The number of para-hydroxylation sites is 1. The Morgan fingerprint density at radius 3 is 2.00 bits per heavy atom. The van der Waals surface area contributed by atoms with Crippen LogP contribution in [-0.2, 0) is 16.6 Å². The van der Waals surface area contributed by atoms with Crippen molar-refractivity contribution in [2.75, 3.05) is 11.4 Å². The van der Waals surface area contributed by atoms with Crippen LogP contribution >= 0.6 is 0 Å². The number of fused-ring (bicyclic) bond motifs is 2. The van der Waals surface area contributed by atoms with Crippen LogP contribution in [0.15, 0.2) is 72.8 Å². The quantitative estimate of drug-likeness (QED) is 0.486. The van der Waals surface area contributed by atoms with E-state index in [4.69, 9.17) is 0 Å². The first-order chi connectivity index (χ1) is 16.7. The van der Waals surface area contributed by atoms with Crippen molar-refractivity contribution >= 4 is 23.4 Å². The molecule has 0 spiro atoms. The van der Waals surface area contributed by atoms with Gasteiger partial charge in [-0.3, -0.25) is 19.3 Å². The summed E-state index contributed by atoms with van der Waals surface area (Å²) in [7, 11) is 0. The van der Waals surface area contributed by atoms with Gasteiger partial charge in [-0.2, -0.15) is 0 Å². The van der Waals surface area contributed by atoms with Crippen LogP contribution in [-0.4, -0.2) is 34.7 Å². The highest BCUT2D eigenvalue weighted by atomic mass is 16.2. The molecule has 178 valence electrons. The van der Waals surface area contributed by atoms with Gasteiger partial charge in [0.05, 0.1) is 11.1 Å². The fraction of sp³-hybridized carbons (Fsp3) is 0.300. The van der Waals surface area contributed by atoms with E-state index in [9.17, 15) is 14.4 Å². The topological polar surface area (TPSA) is 57.7 Å². The molecule has 2 aliphatic rings. The lowest BCUT2D eigenvalue weighted by molar-refractivity contribution is -0.120. The summed E-state index contributed by atoms with van der Waals surface area (Å²) in [5.74, 6) is -1.09. The number of carbonyl (C=O) groups is 3. The monoisotopic (exact) mass is 466 g/mol. The molecule has 0 bridgehead atoms. The fourth-order valence-corrected chi connectivity index (χ4v) is 5.93. The highest BCUT2D eigenvalue weighted by molar-refractivity contribution is 6.22. The van der Waals surface area contributed by atoms with Gasteiger partial charge in [0.15, 0.2) is 0 Å². The Bertz CT molecular complexity index is 1310. The van der Waals surface area contributed by atoms with Crippen molar-refractivity contribution in [2.45, 2.75) is 51.5 Å². The second-order valence-corrected chi connectivity index (χ2v) is 10.4. The first-order valence-corrected chi connectivity index (χ1v) is 12.1. The lowest BCUT2D eigenvalue weighted by atomic mass is 9.65. The fourth-order valence-electron chi connectivity index (χ4n) is 5.93. The average molecular weight is 467 g/mol. The second kappa shape index (κ2) is 8.19. The summed E-state index contributed by atoms with van der Waals surface area (Å²) >= 11 is 0. The minimum atomic E-state index is -0.539. The standard InChI is InChI=1S/C30H30N2O3/c1-5-20-14-16-21(17-15-20)30(4)19-29(2,3)32(25-13-9-8-12-24(25)30)26(33)18-31-27(34)22-10-6-7-11-23(22)28(31)35/h6-17H,5,18-19H2,1-4H3/t30-/m0/s1. The van der Waals surface area contributed by atoms with E-state index in [1.165, 1.54) is 11.1 Å². The van der Waals surface area contributed by atoms with Crippen molar-refractivity contribution in [1.29, 1.82) is 0 Å². The third-order valence-corrected chi connectivity index (χ3v) is 7.55. The predicted molar refractivity (Wildman–Crippen MR) is 137 cm³/mol. The minimum absolute atomic E-state index is 0.264. The number of amides is 3. The summed E-state index contributed by atoms with van der Waals surface area (Å²) in [6.45, 7) is 8.21. The molecule has 0 saturated heterocycles. The van der Waals surface area contributed by atoms with E-state index >= 15 is 0 Å². The zero-order valence-corrected chi connectivity index (χ0v) is 20.7. The molecule has 5 nitrogen and oxygen atoms in total. The summed E-state index contributed by atoms with van der Waals surface area (Å²) in [5, 5.41) is 0. The van der Waals surface area contributed by atoms with Gasteiger partial charge in [0.25, 0.3) is 11.8 Å². The molecule has 1 atom stereocenters. The van der Waals surface area contributed by atoms with E-state index < -0.39 is 17.4 Å². The van der Waals surface area contributed by atoms with Crippen LogP contribution in [0, 0.1) is 0 Å². The molecular weight excluding hydrogens is 436 g/mol. The molecule has 2 heterocycles.